The number of hydrogen-bond donors (Lipinski definition) is 1. The summed E-state index contributed by atoms with van der Waals surface area (Å²) in [5.74, 6) is 1.21. The van der Waals surface area contributed by atoms with E-state index in [0.717, 1.165) is 22.5 Å². The topological polar surface area (TPSA) is 66.8 Å². The zero-order valence-electron chi connectivity index (χ0n) is 15.8. The molecule has 0 bridgehead atoms. The Kier molecular flexibility index (Phi) is 4.79. The summed E-state index contributed by atoms with van der Waals surface area (Å²) in [6.07, 6.45) is 0. The lowest BCUT2D eigenvalue weighted by atomic mass is 10.0. The maximum absolute atomic E-state index is 6.08. The van der Waals surface area contributed by atoms with E-state index in [-0.39, 0.29) is 0 Å². The number of aromatic nitrogens is 4. The molecule has 2 aromatic heterocycles. The van der Waals surface area contributed by atoms with Gasteiger partial charge in [0.25, 0.3) is 0 Å². The SMILES string of the molecule is CNc1nc(N(C)C)nc2nc(-c3ccc(Cl)cc3)c(-c3ccccc3)nc12. The van der Waals surface area contributed by atoms with Crippen LogP contribution in [0.3, 0.4) is 0 Å². The molecule has 4 rings (SSSR count). The second kappa shape index (κ2) is 7.40. The largest absolute Gasteiger partial charge is 0.371 e. The molecule has 6 nitrogen and oxygen atoms in total. The average Bonchev–Trinajstić information content (AvgIpc) is 2.73. The van der Waals surface area contributed by atoms with Crippen molar-refractivity contribution in [3.63, 3.8) is 0 Å². The first-order valence-electron chi connectivity index (χ1n) is 8.83. The van der Waals surface area contributed by atoms with E-state index in [2.05, 4.69) is 15.3 Å². The first-order chi connectivity index (χ1) is 13.6. The van der Waals surface area contributed by atoms with E-state index in [0.29, 0.717) is 28.0 Å². The highest BCUT2D eigenvalue weighted by atomic mass is 35.5. The molecule has 0 atom stereocenters. The van der Waals surface area contributed by atoms with Gasteiger partial charge in [-0.2, -0.15) is 9.97 Å². The minimum Gasteiger partial charge on any atom is -0.371 e. The quantitative estimate of drug-likeness (QED) is 0.552. The van der Waals surface area contributed by atoms with Crippen molar-refractivity contribution in [3.8, 4) is 22.5 Å². The van der Waals surface area contributed by atoms with Gasteiger partial charge in [-0.25, -0.2) is 9.97 Å². The lowest BCUT2D eigenvalue weighted by Crippen LogP contribution is -2.14. The van der Waals surface area contributed by atoms with Crippen molar-refractivity contribution in [2.24, 2.45) is 0 Å². The average molecular weight is 391 g/mol. The highest BCUT2D eigenvalue weighted by Crippen LogP contribution is 2.33. The summed E-state index contributed by atoms with van der Waals surface area (Å²) < 4.78 is 0. The molecule has 0 aliphatic carbocycles. The van der Waals surface area contributed by atoms with Gasteiger partial charge in [-0.05, 0) is 12.1 Å². The summed E-state index contributed by atoms with van der Waals surface area (Å²) in [5.41, 5.74) is 4.58. The minimum atomic E-state index is 0.535. The molecule has 0 unspecified atom stereocenters. The van der Waals surface area contributed by atoms with Crippen LogP contribution in [-0.4, -0.2) is 41.1 Å². The third-order valence-corrected chi connectivity index (χ3v) is 4.57. The number of rotatable bonds is 4. The van der Waals surface area contributed by atoms with Crippen molar-refractivity contribution in [3.05, 3.63) is 59.6 Å². The summed E-state index contributed by atoms with van der Waals surface area (Å²) in [4.78, 5) is 20.8. The fourth-order valence-electron chi connectivity index (χ4n) is 2.92. The van der Waals surface area contributed by atoms with E-state index in [1.165, 1.54) is 0 Å². The zero-order valence-corrected chi connectivity index (χ0v) is 16.6. The molecule has 0 amide bonds. The second-order valence-corrected chi connectivity index (χ2v) is 6.92. The molecule has 0 saturated carbocycles. The van der Waals surface area contributed by atoms with E-state index < -0.39 is 0 Å². The Morgan fingerprint density at radius 2 is 1.43 bits per heavy atom. The van der Waals surface area contributed by atoms with Gasteiger partial charge in [0.1, 0.15) is 0 Å². The second-order valence-electron chi connectivity index (χ2n) is 6.48. The number of hydrogen-bond acceptors (Lipinski definition) is 6. The summed E-state index contributed by atoms with van der Waals surface area (Å²) in [7, 11) is 5.61. The van der Waals surface area contributed by atoms with Gasteiger partial charge < -0.3 is 10.2 Å². The first-order valence-corrected chi connectivity index (χ1v) is 9.21. The van der Waals surface area contributed by atoms with Gasteiger partial charge in [0.2, 0.25) is 5.95 Å². The standard InChI is InChI=1S/C21H19ClN6/c1-23-19-18-20(27-21(26-19)28(2)3)25-17(14-9-11-15(22)12-10-14)16(24-18)13-7-5-4-6-8-13/h4-12H,1-3H3,(H,23,25,26,27). The fraction of sp³-hybridized carbons (Fsp3) is 0.143. The highest BCUT2D eigenvalue weighted by Gasteiger charge is 2.18. The van der Waals surface area contributed by atoms with Gasteiger partial charge >= 0.3 is 0 Å². The predicted octanol–water partition coefficient (Wildman–Crippen LogP) is 4.51. The van der Waals surface area contributed by atoms with Gasteiger partial charge in [-0.15, -0.1) is 0 Å². The lowest BCUT2D eigenvalue weighted by Gasteiger charge is -2.15. The van der Waals surface area contributed by atoms with Crippen molar-refractivity contribution in [2.75, 3.05) is 31.4 Å². The molecule has 140 valence electrons. The van der Waals surface area contributed by atoms with Crippen LogP contribution in [0.2, 0.25) is 5.02 Å². The molecular formula is C21H19ClN6. The normalized spacial score (nSPS) is 10.9. The number of halogens is 1. The zero-order chi connectivity index (χ0) is 19.7. The number of nitrogens with one attached hydrogen (secondary N) is 1. The van der Waals surface area contributed by atoms with Crippen LogP contribution in [0.1, 0.15) is 0 Å². The Labute approximate surface area is 168 Å². The van der Waals surface area contributed by atoms with Crippen molar-refractivity contribution in [1.29, 1.82) is 0 Å². The van der Waals surface area contributed by atoms with Crippen LogP contribution in [0.4, 0.5) is 11.8 Å². The smallest absolute Gasteiger partial charge is 0.228 e. The maximum atomic E-state index is 6.08. The van der Waals surface area contributed by atoms with Crippen LogP contribution >= 0.6 is 11.6 Å². The van der Waals surface area contributed by atoms with E-state index in [1.54, 1.807) is 0 Å². The molecule has 7 heteroatoms. The third kappa shape index (κ3) is 3.34. The van der Waals surface area contributed by atoms with Crippen LogP contribution in [0.5, 0.6) is 0 Å². The Morgan fingerprint density at radius 3 is 2.07 bits per heavy atom. The Hall–Kier alpha value is -3.25. The van der Waals surface area contributed by atoms with Crippen LogP contribution in [-0.2, 0) is 0 Å². The van der Waals surface area contributed by atoms with Gasteiger partial charge in [0, 0.05) is 37.3 Å². The Balaban J connectivity index is 2.05. The molecule has 0 spiro atoms. The van der Waals surface area contributed by atoms with Crippen molar-refractivity contribution in [1.82, 2.24) is 19.9 Å². The maximum Gasteiger partial charge on any atom is 0.228 e. The van der Waals surface area contributed by atoms with Crippen molar-refractivity contribution in [2.45, 2.75) is 0 Å². The summed E-state index contributed by atoms with van der Waals surface area (Å²) >= 11 is 6.08. The Morgan fingerprint density at radius 1 is 0.786 bits per heavy atom. The van der Waals surface area contributed by atoms with E-state index >= 15 is 0 Å². The van der Waals surface area contributed by atoms with Gasteiger partial charge in [-0.3, -0.25) is 0 Å². The molecule has 0 radical (unpaired) electrons. The highest BCUT2D eigenvalue weighted by molar-refractivity contribution is 6.30. The van der Waals surface area contributed by atoms with Crippen LogP contribution in [0, 0.1) is 0 Å². The molecule has 0 aliphatic heterocycles. The van der Waals surface area contributed by atoms with Gasteiger partial charge in [0.15, 0.2) is 17.0 Å². The lowest BCUT2D eigenvalue weighted by molar-refractivity contribution is 1.00. The number of fused-ring (bicyclic) bond motifs is 1. The van der Waals surface area contributed by atoms with Crippen LogP contribution in [0.15, 0.2) is 54.6 Å². The van der Waals surface area contributed by atoms with Crippen LogP contribution in [0.25, 0.3) is 33.7 Å². The molecule has 28 heavy (non-hydrogen) atoms. The van der Waals surface area contributed by atoms with Gasteiger partial charge in [-0.1, -0.05) is 54.1 Å². The van der Waals surface area contributed by atoms with Crippen molar-refractivity contribution < 1.29 is 0 Å². The number of benzene rings is 2. The van der Waals surface area contributed by atoms with E-state index in [1.807, 2.05) is 80.6 Å². The molecule has 1 N–H and O–H groups in total. The molecular weight excluding hydrogens is 372 g/mol. The molecule has 2 aromatic carbocycles. The van der Waals surface area contributed by atoms with E-state index in [4.69, 9.17) is 21.6 Å². The summed E-state index contributed by atoms with van der Waals surface area (Å²) in [5, 5.41) is 3.79. The molecule has 2 heterocycles. The molecule has 0 aliphatic rings. The van der Waals surface area contributed by atoms with E-state index in [9.17, 15) is 0 Å². The number of nitrogens with zero attached hydrogens (tertiary/aromatic N) is 5. The van der Waals surface area contributed by atoms with Gasteiger partial charge in [0.05, 0.1) is 11.4 Å². The first kappa shape index (κ1) is 18.1. The number of anilines is 2. The van der Waals surface area contributed by atoms with Crippen molar-refractivity contribution >= 4 is 34.5 Å². The monoisotopic (exact) mass is 390 g/mol. The minimum absolute atomic E-state index is 0.535. The predicted molar refractivity (Wildman–Crippen MR) is 115 cm³/mol. The van der Waals surface area contributed by atoms with Crippen LogP contribution < -0.4 is 10.2 Å². The summed E-state index contributed by atoms with van der Waals surface area (Å²) in [6.45, 7) is 0. The molecule has 0 fully saturated rings. The Bertz CT molecular complexity index is 1130. The third-order valence-electron chi connectivity index (χ3n) is 4.32. The fourth-order valence-corrected chi connectivity index (χ4v) is 3.04. The molecule has 4 aromatic rings. The summed E-state index contributed by atoms with van der Waals surface area (Å²) in [6, 6.07) is 17.6. The molecule has 0 saturated heterocycles.